The third-order valence-corrected chi connectivity index (χ3v) is 2.98. The van der Waals surface area contributed by atoms with E-state index < -0.39 is 5.60 Å². The van der Waals surface area contributed by atoms with Gasteiger partial charge < -0.3 is 5.11 Å². The number of aryl methyl sites for hydroxylation is 1. The monoisotopic (exact) mass is 224 g/mol. The highest BCUT2D eigenvalue weighted by molar-refractivity contribution is 5.28. The van der Waals surface area contributed by atoms with Gasteiger partial charge in [-0.2, -0.15) is 0 Å². The molecule has 0 aliphatic carbocycles. The summed E-state index contributed by atoms with van der Waals surface area (Å²) in [4.78, 5) is 0. The first-order chi connectivity index (χ1) is 7.23. The van der Waals surface area contributed by atoms with E-state index in [1.807, 2.05) is 19.9 Å². The maximum Gasteiger partial charge on any atom is 0.126 e. The van der Waals surface area contributed by atoms with Gasteiger partial charge >= 0.3 is 0 Å². The summed E-state index contributed by atoms with van der Waals surface area (Å²) >= 11 is 0. The van der Waals surface area contributed by atoms with Crippen molar-refractivity contribution in [1.82, 2.24) is 0 Å². The van der Waals surface area contributed by atoms with Crippen molar-refractivity contribution < 1.29 is 9.50 Å². The summed E-state index contributed by atoms with van der Waals surface area (Å²) in [6, 6.07) is 5.21. The maximum atomic E-state index is 13.5. The maximum absolute atomic E-state index is 13.5. The topological polar surface area (TPSA) is 20.2 Å². The molecule has 0 radical (unpaired) electrons. The lowest BCUT2D eigenvalue weighted by Crippen LogP contribution is -2.32. The SMILES string of the molecule is Cc1ccc([C@H](C(C)C)C(C)(C)O)cc1F. The minimum absolute atomic E-state index is 0.0531. The molecule has 0 fully saturated rings. The van der Waals surface area contributed by atoms with Crippen LogP contribution in [0.3, 0.4) is 0 Å². The van der Waals surface area contributed by atoms with Crippen LogP contribution < -0.4 is 0 Å². The predicted molar refractivity (Wildman–Crippen MR) is 65.0 cm³/mol. The second kappa shape index (κ2) is 4.54. The van der Waals surface area contributed by atoms with Crippen LogP contribution in [0.15, 0.2) is 18.2 Å². The van der Waals surface area contributed by atoms with E-state index in [0.717, 1.165) is 5.56 Å². The average molecular weight is 224 g/mol. The normalized spacial score (nSPS) is 14.2. The highest BCUT2D eigenvalue weighted by atomic mass is 19.1. The Hall–Kier alpha value is -0.890. The first-order valence-corrected chi connectivity index (χ1v) is 5.72. The van der Waals surface area contributed by atoms with E-state index in [2.05, 4.69) is 0 Å². The molecular formula is C14H21FO. The fraction of sp³-hybridized carbons (Fsp3) is 0.571. The van der Waals surface area contributed by atoms with Crippen LogP contribution in [0.4, 0.5) is 4.39 Å². The van der Waals surface area contributed by atoms with E-state index in [1.165, 1.54) is 6.07 Å². The van der Waals surface area contributed by atoms with Crippen molar-refractivity contribution in [3.63, 3.8) is 0 Å². The van der Waals surface area contributed by atoms with Crippen LogP contribution >= 0.6 is 0 Å². The van der Waals surface area contributed by atoms with Gasteiger partial charge in [0.05, 0.1) is 5.60 Å². The summed E-state index contributed by atoms with van der Waals surface area (Å²) in [5, 5.41) is 10.1. The zero-order chi connectivity index (χ0) is 12.5. The molecule has 0 unspecified atom stereocenters. The summed E-state index contributed by atoms with van der Waals surface area (Å²) in [6.07, 6.45) is 0. The van der Waals surface area contributed by atoms with E-state index in [0.29, 0.717) is 5.56 Å². The number of rotatable bonds is 3. The Balaban J connectivity index is 3.17. The van der Waals surface area contributed by atoms with Gasteiger partial charge in [-0.1, -0.05) is 26.0 Å². The predicted octanol–water partition coefficient (Wildman–Crippen LogP) is 3.64. The molecule has 0 aliphatic rings. The second-order valence-corrected chi connectivity index (χ2v) is 5.38. The summed E-state index contributed by atoms with van der Waals surface area (Å²) < 4.78 is 13.5. The van der Waals surface area contributed by atoms with Crippen LogP contribution in [0.25, 0.3) is 0 Å². The molecule has 1 aromatic rings. The molecule has 0 saturated carbocycles. The average Bonchev–Trinajstić information content (AvgIpc) is 2.08. The molecule has 2 heteroatoms. The molecular weight excluding hydrogens is 203 g/mol. The minimum Gasteiger partial charge on any atom is -0.390 e. The zero-order valence-corrected chi connectivity index (χ0v) is 10.7. The third kappa shape index (κ3) is 2.82. The molecule has 0 spiro atoms. The molecule has 1 atom stereocenters. The highest BCUT2D eigenvalue weighted by Gasteiger charge is 2.31. The minimum atomic E-state index is -0.837. The lowest BCUT2D eigenvalue weighted by atomic mass is 9.77. The summed E-state index contributed by atoms with van der Waals surface area (Å²) in [6.45, 7) is 9.37. The van der Waals surface area contributed by atoms with Gasteiger partial charge in [0.1, 0.15) is 5.82 Å². The van der Waals surface area contributed by atoms with Crippen LogP contribution in [0, 0.1) is 18.7 Å². The van der Waals surface area contributed by atoms with E-state index >= 15 is 0 Å². The fourth-order valence-electron chi connectivity index (χ4n) is 2.41. The molecule has 0 amide bonds. The molecule has 1 N–H and O–H groups in total. The van der Waals surface area contributed by atoms with Gasteiger partial charge in [0, 0.05) is 5.92 Å². The molecule has 90 valence electrons. The summed E-state index contributed by atoms with van der Waals surface area (Å²) in [7, 11) is 0. The first-order valence-electron chi connectivity index (χ1n) is 5.72. The summed E-state index contributed by atoms with van der Waals surface area (Å²) in [5.41, 5.74) is 0.670. The van der Waals surface area contributed by atoms with Crippen molar-refractivity contribution in [2.24, 2.45) is 5.92 Å². The van der Waals surface area contributed by atoms with Crippen molar-refractivity contribution in [3.05, 3.63) is 35.1 Å². The van der Waals surface area contributed by atoms with Gasteiger partial charge in [-0.3, -0.25) is 0 Å². The quantitative estimate of drug-likeness (QED) is 0.831. The van der Waals surface area contributed by atoms with Crippen molar-refractivity contribution in [2.75, 3.05) is 0 Å². The Kier molecular flexibility index (Phi) is 3.74. The Bertz CT molecular complexity index is 363. The van der Waals surface area contributed by atoms with E-state index in [9.17, 15) is 9.50 Å². The van der Waals surface area contributed by atoms with E-state index in [-0.39, 0.29) is 17.7 Å². The largest absolute Gasteiger partial charge is 0.390 e. The zero-order valence-electron chi connectivity index (χ0n) is 10.7. The molecule has 16 heavy (non-hydrogen) atoms. The van der Waals surface area contributed by atoms with Crippen LogP contribution in [-0.4, -0.2) is 10.7 Å². The highest BCUT2D eigenvalue weighted by Crippen LogP contribution is 2.35. The van der Waals surface area contributed by atoms with Crippen molar-refractivity contribution in [1.29, 1.82) is 0 Å². The molecule has 0 heterocycles. The van der Waals surface area contributed by atoms with E-state index in [1.54, 1.807) is 26.8 Å². The number of aliphatic hydroxyl groups is 1. The van der Waals surface area contributed by atoms with Gasteiger partial charge in [-0.05, 0) is 43.9 Å². The van der Waals surface area contributed by atoms with Gasteiger partial charge in [-0.15, -0.1) is 0 Å². The third-order valence-electron chi connectivity index (χ3n) is 2.98. The van der Waals surface area contributed by atoms with Crippen LogP contribution in [0.5, 0.6) is 0 Å². The van der Waals surface area contributed by atoms with Crippen LogP contribution in [0.1, 0.15) is 44.7 Å². The Morgan fingerprint density at radius 2 is 1.81 bits per heavy atom. The second-order valence-electron chi connectivity index (χ2n) is 5.38. The fourth-order valence-corrected chi connectivity index (χ4v) is 2.41. The Morgan fingerprint density at radius 1 is 1.25 bits per heavy atom. The molecule has 1 nitrogen and oxygen atoms in total. The first kappa shape index (κ1) is 13.2. The van der Waals surface area contributed by atoms with Crippen LogP contribution in [-0.2, 0) is 0 Å². The number of hydrogen-bond acceptors (Lipinski definition) is 1. The Labute approximate surface area is 97.3 Å². The van der Waals surface area contributed by atoms with Crippen molar-refractivity contribution in [3.8, 4) is 0 Å². The molecule has 0 bridgehead atoms. The molecule has 0 saturated heterocycles. The van der Waals surface area contributed by atoms with Gasteiger partial charge in [-0.25, -0.2) is 4.39 Å². The summed E-state index contributed by atoms with van der Waals surface area (Å²) in [5.74, 6) is 0.0112. The lowest BCUT2D eigenvalue weighted by molar-refractivity contribution is 0.0331. The van der Waals surface area contributed by atoms with Crippen LogP contribution in [0.2, 0.25) is 0 Å². The smallest absolute Gasteiger partial charge is 0.126 e. The molecule has 1 rings (SSSR count). The Morgan fingerprint density at radius 3 is 2.19 bits per heavy atom. The van der Waals surface area contributed by atoms with Gasteiger partial charge in [0.15, 0.2) is 0 Å². The van der Waals surface area contributed by atoms with Crippen molar-refractivity contribution in [2.45, 2.75) is 46.1 Å². The van der Waals surface area contributed by atoms with Gasteiger partial charge in [0.2, 0.25) is 0 Å². The van der Waals surface area contributed by atoms with E-state index in [4.69, 9.17) is 0 Å². The van der Waals surface area contributed by atoms with Crippen molar-refractivity contribution >= 4 is 0 Å². The number of hydrogen-bond donors (Lipinski definition) is 1. The number of halogens is 1. The van der Waals surface area contributed by atoms with Gasteiger partial charge in [0.25, 0.3) is 0 Å². The lowest BCUT2D eigenvalue weighted by Gasteiger charge is -2.33. The molecule has 0 aliphatic heterocycles. The number of benzene rings is 1. The molecule has 0 aromatic heterocycles. The standard InChI is InChI=1S/C14H21FO/c1-9(2)13(14(4,5)16)11-7-6-10(3)12(15)8-11/h6-9,13,16H,1-5H3/t13-/m0/s1. The molecule has 1 aromatic carbocycles.